The van der Waals surface area contributed by atoms with E-state index in [0.29, 0.717) is 16.4 Å². The van der Waals surface area contributed by atoms with Gasteiger partial charge < -0.3 is 5.73 Å². The van der Waals surface area contributed by atoms with Gasteiger partial charge in [-0.15, -0.1) is 10.2 Å². The molecule has 0 amide bonds. The molecule has 0 aliphatic heterocycles. The molecule has 2 N–H and O–H groups in total. The highest BCUT2D eigenvalue weighted by Gasteiger charge is 2.15. The van der Waals surface area contributed by atoms with Crippen LogP contribution in [0.25, 0.3) is 4.96 Å². The lowest BCUT2D eigenvalue weighted by atomic mass is 10.2. The SMILES string of the molecule is CS(=O)(=O)CCC(N)c1nn2cnnc2s1. The number of hydrogen-bond acceptors (Lipinski definition) is 7. The van der Waals surface area contributed by atoms with Crippen LogP contribution in [0.3, 0.4) is 0 Å². The van der Waals surface area contributed by atoms with Gasteiger partial charge in [0.05, 0.1) is 11.8 Å². The Morgan fingerprint density at radius 1 is 1.62 bits per heavy atom. The van der Waals surface area contributed by atoms with E-state index in [-0.39, 0.29) is 11.8 Å². The second-order valence-electron chi connectivity index (χ2n) is 3.52. The van der Waals surface area contributed by atoms with Crippen LogP contribution in [0, 0.1) is 0 Å². The predicted molar refractivity (Wildman–Crippen MR) is 59.9 cm³/mol. The van der Waals surface area contributed by atoms with Gasteiger partial charge in [0.1, 0.15) is 21.2 Å². The average molecular weight is 261 g/mol. The van der Waals surface area contributed by atoms with Gasteiger partial charge in [-0.3, -0.25) is 0 Å². The van der Waals surface area contributed by atoms with E-state index < -0.39 is 9.84 Å². The van der Waals surface area contributed by atoms with Crippen molar-refractivity contribution in [3.63, 3.8) is 0 Å². The van der Waals surface area contributed by atoms with E-state index in [2.05, 4.69) is 15.3 Å². The van der Waals surface area contributed by atoms with E-state index in [1.807, 2.05) is 0 Å². The molecule has 0 saturated heterocycles. The molecular weight excluding hydrogens is 250 g/mol. The van der Waals surface area contributed by atoms with Gasteiger partial charge in [0.15, 0.2) is 0 Å². The minimum absolute atomic E-state index is 0.0638. The molecule has 1 unspecified atom stereocenters. The van der Waals surface area contributed by atoms with Crippen molar-refractivity contribution in [3.05, 3.63) is 11.3 Å². The Bertz CT molecular complexity index is 558. The van der Waals surface area contributed by atoms with E-state index in [9.17, 15) is 8.42 Å². The molecule has 9 heteroatoms. The van der Waals surface area contributed by atoms with Gasteiger partial charge in [-0.25, -0.2) is 8.42 Å². The van der Waals surface area contributed by atoms with Crippen molar-refractivity contribution >= 4 is 26.1 Å². The lowest BCUT2D eigenvalue weighted by Gasteiger charge is -2.05. The summed E-state index contributed by atoms with van der Waals surface area (Å²) in [5.41, 5.74) is 5.85. The maximum absolute atomic E-state index is 11.0. The van der Waals surface area contributed by atoms with Crippen LogP contribution >= 0.6 is 11.3 Å². The van der Waals surface area contributed by atoms with Crippen LogP contribution in [0.5, 0.6) is 0 Å². The average Bonchev–Trinajstić information content (AvgIpc) is 2.71. The van der Waals surface area contributed by atoms with Crippen molar-refractivity contribution in [3.8, 4) is 0 Å². The quantitative estimate of drug-likeness (QED) is 0.804. The molecule has 0 aliphatic rings. The zero-order chi connectivity index (χ0) is 11.8. The molecule has 0 bridgehead atoms. The second-order valence-corrected chi connectivity index (χ2v) is 6.77. The van der Waals surface area contributed by atoms with Crippen LogP contribution in [0.15, 0.2) is 6.33 Å². The van der Waals surface area contributed by atoms with E-state index >= 15 is 0 Å². The third kappa shape index (κ3) is 2.54. The van der Waals surface area contributed by atoms with E-state index in [4.69, 9.17) is 5.73 Å². The van der Waals surface area contributed by atoms with E-state index in [0.717, 1.165) is 0 Å². The highest BCUT2D eigenvalue weighted by atomic mass is 32.2. The number of fused-ring (bicyclic) bond motifs is 1. The van der Waals surface area contributed by atoms with Crippen LogP contribution in [0.2, 0.25) is 0 Å². The third-order valence-electron chi connectivity index (χ3n) is 2.02. The molecule has 0 aliphatic carbocycles. The molecule has 0 aromatic carbocycles. The first-order valence-corrected chi connectivity index (χ1v) is 7.43. The van der Waals surface area contributed by atoms with Gasteiger partial charge in [0, 0.05) is 6.26 Å². The molecule has 2 heterocycles. The normalized spacial score (nSPS) is 14.4. The first kappa shape index (κ1) is 11.4. The fourth-order valence-electron chi connectivity index (χ4n) is 1.19. The summed E-state index contributed by atoms with van der Waals surface area (Å²) in [4.78, 5) is 0.657. The Kier molecular flexibility index (Phi) is 2.91. The molecule has 16 heavy (non-hydrogen) atoms. The minimum Gasteiger partial charge on any atom is -0.322 e. The number of aromatic nitrogens is 4. The number of rotatable bonds is 4. The molecule has 2 rings (SSSR count). The first-order valence-electron chi connectivity index (χ1n) is 4.56. The Morgan fingerprint density at radius 2 is 2.38 bits per heavy atom. The van der Waals surface area contributed by atoms with Crippen molar-refractivity contribution < 1.29 is 8.42 Å². The molecular formula is C7H11N5O2S2. The van der Waals surface area contributed by atoms with Gasteiger partial charge in [-0.2, -0.15) is 9.61 Å². The van der Waals surface area contributed by atoms with Crippen LogP contribution in [-0.4, -0.2) is 40.2 Å². The fourth-order valence-corrected chi connectivity index (χ4v) is 2.73. The van der Waals surface area contributed by atoms with Crippen molar-refractivity contribution in [2.24, 2.45) is 5.73 Å². The van der Waals surface area contributed by atoms with Crippen LogP contribution in [0.1, 0.15) is 17.5 Å². The summed E-state index contributed by atoms with van der Waals surface area (Å²) in [5, 5.41) is 12.3. The van der Waals surface area contributed by atoms with E-state index in [1.165, 1.54) is 28.4 Å². The monoisotopic (exact) mass is 261 g/mol. The molecule has 0 saturated carbocycles. The van der Waals surface area contributed by atoms with Crippen molar-refractivity contribution in [1.82, 2.24) is 19.8 Å². The number of sulfone groups is 1. The lowest BCUT2D eigenvalue weighted by Crippen LogP contribution is -2.15. The van der Waals surface area contributed by atoms with Crippen molar-refractivity contribution in [2.45, 2.75) is 12.5 Å². The van der Waals surface area contributed by atoms with Gasteiger partial charge in [-0.05, 0) is 6.42 Å². The zero-order valence-electron chi connectivity index (χ0n) is 8.57. The standard InChI is InChI=1S/C7H11N5O2S2/c1-16(13,14)3-2-5(8)6-11-12-4-9-10-7(12)15-6/h4-5H,2-3,8H2,1H3. The molecule has 0 spiro atoms. The molecule has 88 valence electrons. The summed E-state index contributed by atoms with van der Waals surface area (Å²) in [6.07, 6.45) is 3.04. The van der Waals surface area contributed by atoms with Crippen LogP contribution < -0.4 is 5.73 Å². The van der Waals surface area contributed by atoms with Gasteiger partial charge in [0.2, 0.25) is 4.96 Å². The summed E-state index contributed by atoms with van der Waals surface area (Å²) in [7, 11) is -2.98. The maximum Gasteiger partial charge on any atom is 0.234 e. The maximum atomic E-state index is 11.0. The zero-order valence-corrected chi connectivity index (χ0v) is 10.2. The molecule has 2 aromatic rings. The molecule has 1 atom stereocenters. The topological polar surface area (TPSA) is 103 Å². The predicted octanol–water partition coefficient (Wildman–Crippen LogP) is -0.380. The molecule has 7 nitrogen and oxygen atoms in total. The highest BCUT2D eigenvalue weighted by molar-refractivity contribution is 7.90. The number of nitrogens with zero attached hydrogens (tertiary/aromatic N) is 4. The van der Waals surface area contributed by atoms with Crippen LogP contribution in [-0.2, 0) is 9.84 Å². The summed E-state index contributed by atoms with van der Waals surface area (Å²) in [6.45, 7) is 0. The smallest absolute Gasteiger partial charge is 0.234 e. The van der Waals surface area contributed by atoms with E-state index in [1.54, 1.807) is 0 Å². The van der Waals surface area contributed by atoms with Gasteiger partial charge >= 0.3 is 0 Å². The summed E-state index contributed by atoms with van der Waals surface area (Å²) in [5.74, 6) is 0.0638. The summed E-state index contributed by atoms with van der Waals surface area (Å²) in [6, 6.07) is -0.374. The van der Waals surface area contributed by atoms with Gasteiger partial charge in [-0.1, -0.05) is 11.3 Å². The molecule has 0 fully saturated rings. The van der Waals surface area contributed by atoms with Crippen molar-refractivity contribution in [2.75, 3.05) is 12.0 Å². The Hall–Kier alpha value is -1.06. The largest absolute Gasteiger partial charge is 0.322 e. The fraction of sp³-hybridized carbons (Fsp3) is 0.571. The second kappa shape index (κ2) is 4.07. The highest BCUT2D eigenvalue weighted by Crippen LogP contribution is 2.20. The number of nitrogens with two attached hydrogens (primary N) is 1. The summed E-state index contributed by atoms with van der Waals surface area (Å²) < 4.78 is 23.5. The Morgan fingerprint density at radius 3 is 3.00 bits per heavy atom. The van der Waals surface area contributed by atoms with Gasteiger partial charge in [0.25, 0.3) is 0 Å². The summed E-state index contributed by atoms with van der Waals surface area (Å²) >= 11 is 1.32. The minimum atomic E-state index is -2.98. The van der Waals surface area contributed by atoms with Crippen molar-refractivity contribution in [1.29, 1.82) is 0 Å². The Balaban J connectivity index is 2.10. The lowest BCUT2D eigenvalue weighted by molar-refractivity contribution is 0.590. The number of hydrogen-bond donors (Lipinski definition) is 1. The molecule has 2 aromatic heterocycles. The third-order valence-corrected chi connectivity index (χ3v) is 4.04. The first-order chi connectivity index (χ1) is 7.46. The molecule has 0 radical (unpaired) electrons. The van der Waals surface area contributed by atoms with Crippen LogP contribution in [0.4, 0.5) is 0 Å². The Labute approximate surface area is 96.2 Å².